The number of carbonyl (C=O) groups excluding carboxylic acids is 2. The van der Waals surface area contributed by atoms with E-state index in [2.05, 4.69) is 32.7 Å². The molecule has 4 aromatic carbocycles. The first-order chi connectivity index (χ1) is 26.2. The van der Waals surface area contributed by atoms with Crippen molar-refractivity contribution in [3.63, 3.8) is 0 Å². The molecule has 7 rings (SSSR count). The Morgan fingerprint density at radius 3 is 2.05 bits per heavy atom. The Morgan fingerprint density at radius 1 is 0.764 bits per heavy atom. The molecule has 9 nitrogen and oxygen atoms in total. The molecule has 2 amide bonds. The van der Waals surface area contributed by atoms with Crippen LogP contribution in [0.15, 0.2) is 101 Å². The molecule has 1 aliphatic carbocycles. The van der Waals surface area contributed by atoms with E-state index >= 15 is 0 Å². The summed E-state index contributed by atoms with van der Waals surface area (Å²) in [6.45, 7) is 5.52. The van der Waals surface area contributed by atoms with Crippen LogP contribution < -0.4 is 21.5 Å². The standard InChI is InChI=1S/C23H24N2O2.C20H17F3N2O3/c1-15-13-17(16-7-3-2-4-8-16)11-12-20(15)25-23(27)19-14-24-21-10-6-5-9-18(21)22(19)26;1-10(2)11-6-7-14(13(8-11)20(21,22)23)25-19(28)12-9-24-15-4-3-5-16(26)17(15)18(12)27/h5-6,9-14,16H,2-4,7-8H2,1H3,(H,24,26)(H,25,27);3-10,26H,1-2H3,(H,24,27)(H,25,28). The number of hydrogen-bond donors (Lipinski definition) is 5. The van der Waals surface area contributed by atoms with Crippen LogP contribution in [0.3, 0.4) is 0 Å². The predicted octanol–water partition coefficient (Wildman–Crippen LogP) is 9.76. The van der Waals surface area contributed by atoms with Gasteiger partial charge in [-0.15, -0.1) is 0 Å². The van der Waals surface area contributed by atoms with Gasteiger partial charge in [0.25, 0.3) is 11.8 Å². The van der Waals surface area contributed by atoms with Gasteiger partial charge in [0.15, 0.2) is 0 Å². The number of fused-ring (bicyclic) bond motifs is 2. The van der Waals surface area contributed by atoms with Crippen LogP contribution in [0.5, 0.6) is 5.75 Å². The van der Waals surface area contributed by atoms with Crippen molar-refractivity contribution in [3.05, 3.63) is 145 Å². The van der Waals surface area contributed by atoms with Crippen molar-refractivity contribution in [2.45, 2.75) is 70.9 Å². The summed E-state index contributed by atoms with van der Waals surface area (Å²) in [5, 5.41) is 15.4. The molecule has 2 heterocycles. The number of benzene rings is 4. The number of aromatic hydroxyl groups is 1. The summed E-state index contributed by atoms with van der Waals surface area (Å²) in [6.07, 6.45) is 4.35. The number of para-hydroxylation sites is 1. The highest BCUT2D eigenvalue weighted by atomic mass is 19.4. The van der Waals surface area contributed by atoms with Gasteiger partial charge in [-0.3, -0.25) is 19.2 Å². The number of alkyl halides is 3. The van der Waals surface area contributed by atoms with Gasteiger partial charge in [-0.05, 0) is 90.8 Å². The monoisotopic (exact) mass is 750 g/mol. The van der Waals surface area contributed by atoms with Gasteiger partial charge in [0.05, 0.1) is 22.2 Å². The van der Waals surface area contributed by atoms with Crippen molar-refractivity contribution >= 4 is 45.0 Å². The number of H-pyrrole nitrogens is 2. The topological polar surface area (TPSA) is 144 Å². The van der Waals surface area contributed by atoms with Crippen LogP contribution in [0.25, 0.3) is 21.8 Å². The summed E-state index contributed by atoms with van der Waals surface area (Å²) in [4.78, 5) is 56.1. The zero-order valence-corrected chi connectivity index (χ0v) is 30.6. The van der Waals surface area contributed by atoms with Gasteiger partial charge >= 0.3 is 6.18 Å². The molecule has 0 aliphatic heterocycles. The van der Waals surface area contributed by atoms with Crippen LogP contribution in [-0.4, -0.2) is 26.9 Å². The van der Waals surface area contributed by atoms with Crippen LogP contribution in [0.1, 0.15) is 101 Å². The number of aromatic nitrogens is 2. The van der Waals surface area contributed by atoms with Crippen molar-refractivity contribution < 1.29 is 27.9 Å². The third kappa shape index (κ3) is 8.48. The second-order valence-corrected chi connectivity index (χ2v) is 14.1. The van der Waals surface area contributed by atoms with E-state index in [0.29, 0.717) is 22.4 Å². The fourth-order valence-electron chi connectivity index (χ4n) is 6.91. The maximum absolute atomic E-state index is 13.4. The van der Waals surface area contributed by atoms with Gasteiger partial charge in [-0.25, -0.2) is 0 Å². The fraction of sp³-hybridized carbons (Fsp3) is 0.256. The zero-order chi connectivity index (χ0) is 39.4. The summed E-state index contributed by atoms with van der Waals surface area (Å²) < 4.78 is 40.3. The van der Waals surface area contributed by atoms with Crippen molar-refractivity contribution in [2.24, 2.45) is 0 Å². The van der Waals surface area contributed by atoms with Crippen molar-refractivity contribution in [1.29, 1.82) is 0 Å². The highest BCUT2D eigenvalue weighted by Crippen LogP contribution is 2.37. The van der Waals surface area contributed by atoms with E-state index in [0.717, 1.165) is 29.0 Å². The van der Waals surface area contributed by atoms with Crippen LogP contribution in [-0.2, 0) is 6.18 Å². The Hall–Kier alpha value is -6.17. The van der Waals surface area contributed by atoms with E-state index in [9.17, 15) is 37.5 Å². The number of amides is 2. The average Bonchev–Trinajstić information content (AvgIpc) is 3.16. The van der Waals surface area contributed by atoms with E-state index in [4.69, 9.17) is 0 Å². The van der Waals surface area contributed by atoms with Crippen molar-refractivity contribution in [2.75, 3.05) is 10.6 Å². The number of aryl methyl sites for hydroxylation is 1. The fourth-order valence-corrected chi connectivity index (χ4v) is 6.91. The number of halogens is 3. The molecule has 1 fully saturated rings. The second-order valence-electron chi connectivity index (χ2n) is 14.1. The highest BCUT2D eigenvalue weighted by molar-refractivity contribution is 6.07. The minimum atomic E-state index is -4.68. The van der Waals surface area contributed by atoms with E-state index in [1.54, 1.807) is 26.0 Å². The number of carbonyl (C=O) groups is 2. The molecule has 55 heavy (non-hydrogen) atoms. The van der Waals surface area contributed by atoms with Crippen LogP contribution in [0, 0.1) is 6.92 Å². The number of phenolic OH excluding ortho intramolecular Hbond substituents is 1. The Balaban J connectivity index is 0.000000187. The first kappa shape index (κ1) is 38.6. The van der Waals surface area contributed by atoms with E-state index < -0.39 is 34.3 Å². The summed E-state index contributed by atoms with van der Waals surface area (Å²) in [5.41, 5.74) is 1.90. The maximum atomic E-state index is 13.4. The summed E-state index contributed by atoms with van der Waals surface area (Å²) in [6, 6.07) is 21.4. The SMILES string of the molecule is CC(C)c1ccc(NC(=O)c2c[nH]c3cccc(O)c3c2=O)c(C(F)(F)F)c1.Cc1cc(C2CCCCC2)ccc1NC(=O)c1c[nH]c2ccccc2c1=O. The number of aromatic amines is 2. The minimum Gasteiger partial charge on any atom is -0.507 e. The van der Waals surface area contributed by atoms with Crippen molar-refractivity contribution in [3.8, 4) is 5.75 Å². The molecule has 0 radical (unpaired) electrons. The van der Waals surface area contributed by atoms with Crippen LogP contribution in [0.4, 0.5) is 24.5 Å². The average molecular weight is 751 g/mol. The van der Waals surface area contributed by atoms with E-state index in [-0.39, 0.29) is 34.0 Å². The summed E-state index contributed by atoms with van der Waals surface area (Å²) in [7, 11) is 0. The van der Waals surface area contributed by atoms with Gasteiger partial charge in [-0.2, -0.15) is 13.2 Å². The lowest BCUT2D eigenvalue weighted by Crippen LogP contribution is -2.23. The molecule has 5 N–H and O–H groups in total. The van der Waals surface area contributed by atoms with Gasteiger partial charge in [0.2, 0.25) is 10.9 Å². The molecular weight excluding hydrogens is 709 g/mol. The number of pyridine rings is 2. The molecule has 0 bridgehead atoms. The van der Waals surface area contributed by atoms with Crippen molar-refractivity contribution in [1.82, 2.24) is 9.97 Å². The maximum Gasteiger partial charge on any atom is 0.418 e. The lowest BCUT2D eigenvalue weighted by atomic mass is 9.83. The number of rotatable bonds is 6. The largest absolute Gasteiger partial charge is 0.507 e. The van der Waals surface area contributed by atoms with Crippen LogP contribution in [0.2, 0.25) is 0 Å². The lowest BCUT2D eigenvalue weighted by molar-refractivity contribution is -0.137. The van der Waals surface area contributed by atoms with E-state index in [1.807, 2.05) is 25.1 Å². The molecule has 284 valence electrons. The Kier molecular flexibility index (Phi) is 11.3. The Labute approximate surface area is 314 Å². The molecule has 1 saturated carbocycles. The number of hydrogen-bond acceptors (Lipinski definition) is 5. The molecular formula is C43H41F3N4O5. The van der Waals surface area contributed by atoms with Crippen LogP contribution >= 0.6 is 0 Å². The smallest absolute Gasteiger partial charge is 0.418 e. The first-order valence-electron chi connectivity index (χ1n) is 18.1. The lowest BCUT2D eigenvalue weighted by Gasteiger charge is -2.23. The number of nitrogens with one attached hydrogen (secondary N) is 4. The zero-order valence-electron chi connectivity index (χ0n) is 30.6. The normalized spacial score (nSPS) is 13.4. The summed E-state index contributed by atoms with van der Waals surface area (Å²) in [5.74, 6) is -1.21. The molecule has 0 saturated heterocycles. The quantitative estimate of drug-likeness (QED) is 0.115. The van der Waals surface area contributed by atoms with Gasteiger partial charge < -0.3 is 25.7 Å². The second kappa shape index (κ2) is 16.1. The molecule has 1 aliphatic rings. The molecule has 0 spiro atoms. The first-order valence-corrected chi connectivity index (χ1v) is 18.1. The van der Waals surface area contributed by atoms with Gasteiger partial charge in [0.1, 0.15) is 16.9 Å². The summed E-state index contributed by atoms with van der Waals surface area (Å²) >= 11 is 0. The Morgan fingerprint density at radius 2 is 1.38 bits per heavy atom. The predicted molar refractivity (Wildman–Crippen MR) is 209 cm³/mol. The third-order valence-electron chi connectivity index (χ3n) is 10.0. The van der Waals surface area contributed by atoms with Gasteiger partial charge in [0, 0.05) is 29.0 Å². The van der Waals surface area contributed by atoms with Gasteiger partial charge in [-0.1, -0.05) is 69.5 Å². The minimum absolute atomic E-state index is 0.110. The molecule has 6 aromatic rings. The number of anilines is 2. The third-order valence-corrected chi connectivity index (χ3v) is 10.0. The molecule has 12 heteroatoms. The number of phenols is 1. The molecule has 2 aromatic heterocycles. The molecule has 0 unspecified atom stereocenters. The molecule has 0 atom stereocenters. The Bertz CT molecular complexity index is 2520. The van der Waals surface area contributed by atoms with E-state index in [1.165, 1.54) is 74.2 Å². The highest BCUT2D eigenvalue weighted by Gasteiger charge is 2.35.